The van der Waals surface area contributed by atoms with E-state index in [0.29, 0.717) is 0 Å². The lowest BCUT2D eigenvalue weighted by atomic mass is 10.0. The van der Waals surface area contributed by atoms with Crippen molar-refractivity contribution in [3.8, 4) is 33.9 Å². The van der Waals surface area contributed by atoms with E-state index in [1.807, 2.05) is 18.2 Å². The van der Waals surface area contributed by atoms with Crippen LogP contribution in [0.15, 0.2) is 72.8 Å². The van der Waals surface area contributed by atoms with Gasteiger partial charge in [0.25, 0.3) is 0 Å². The van der Waals surface area contributed by atoms with Crippen molar-refractivity contribution in [1.82, 2.24) is 15.0 Å². The van der Waals surface area contributed by atoms with Gasteiger partial charge in [0.2, 0.25) is 0 Å². The summed E-state index contributed by atoms with van der Waals surface area (Å²) in [5.74, 6) is 2.55. The molecule has 0 radical (unpaired) electrons. The summed E-state index contributed by atoms with van der Waals surface area (Å²) in [6.07, 6.45) is 0. The molecule has 0 saturated carbocycles. The first-order valence-corrected chi connectivity index (χ1v) is 13.5. The summed E-state index contributed by atoms with van der Waals surface area (Å²) in [5, 5.41) is 3.01. The van der Waals surface area contributed by atoms with Gasteiger partial charge in [-0.2, -0.15) is 0 Å². The fraction of sp³-hybridized carbons (Fsp3) is 0.192. The van der Waals surface area contributed by atoms with Crippen LogP contribution in [0.1, 0.15) is 25.6 Å². The summed E-state index contributed by atoms with van der Waals surface area (Å²) in [6.45, 7) is 9.12. The first-order valence-electron chi connectivity index (χ1n) is 10.5. The van der Waals surface area contributed by atoms with Crippen LogP contribution < -0.4 is 10.4 Å². The number of nitrogens with zero attached hydrogens (tertiary/aromatic N) is 3. The number of hydrogen-bond acceptors (Lipinski definition) is 3. The van der Waals surface area contributed by atoms with E-state index in [1.165, 1.54) is 21.5 Å². The Balaban J connectivity index is 1.69. The molecule has 0 atom stereocenters. The average molecular weight is 408 g/mol. The minimum absolute atomic E-state index is 0.232. The number of rotatable bonds is 3. The lowest BCUT2D eigenvalue weighted by Gasteiger charge is -2.18. The fourth-order valence-electron chi connectivity index (χ4n) is 4.36. The van der Waals surface area contributed by atoms with E-state index in [-0.39, 0.29) is 5.92 Å². The Morgan fingerprint density at radius 2 is 1.27 bits per heavy atom. The Labute approximate surface area is 178 Å². The Kier molecular flexibility index (Phi) is 4.40. The monoisotopic (exact) mass is 407 g/mol. The summed E-state index contributed by atoms with van der Waals surface area (Å²) in [7, 11) is -1.65. The molecule has 0 spiro atoms. The summed E-state index contributed by atoms with van der Waals surface area (Å²) in [5.41, 5.74) is 4.78. The maximum atomic E-state index is 4.86. The van der Waals surface area contributed by atoms with Crippen LogP contribution in [0.25, 0.3) is 33.9 Å². The van der Waals surface area contributed by atoms with Crippen LogP contribution in [0.4, 0.5) is 0 Å². The zero-order valence-corrected chi connectivity index (χ0v) is 18.8. The second-order valence-electron chi connectivity index (χ2n) is 8.79. The third-order valence-electron chi connectivity index (χ3n) is 6.04. The minimum atomic E-state index is -1.65. The third kappa shape index (κ3) is 2.99. The molecule has 1 aromatic heterocycles. The highest BCUT2D eigenvalue weighted by molar-refractivity contribution is 7.03. The predicted molar refractivity (Wildman–Crippen MR) is 127 cm³/mol. The molecular formula is C26H25N3Si. The van der Waals surface area contributed by atoms with E-state index in [2.05, 4.69) is 81.5 Å². The molecule has 30 heavy (non-hydrogen) atoms. The Morgan fingerprint density at radius 1 is 0.633 bits per heavy atom. The van der Waals surface area contributed by atoms with Gasteiger partial charge in [-0.25, -0.2) is 15.0 Å². The zero-order chi connectivity index (χ0) is 20.9. The molecule has 0 N–H and O–H groups in total. The molecule has 0 saturated heterocycles. The molecule has 0 fully saturated rings. The van der Waals surface area contributed by atoms with Crippen molar-refractivity contribution in [3.63, 3.8) is 0 Å². The molecule has 4 heteroatoms. The molecule has 148 valence electrons. The molecule has 0 bridgehead atoms. The normalized spacial score (nSPS) is 13.9. The molecular weight excluding hydrogens is 382 g/mol. The quantitative estimate of drug-likeness (QED) is 0.442. The van der Waals surface area contributed by atoms with Gasteiger partial charge in [-0.15, -0.1) is 0 Å². The average Bonchev–Trinajstić information content (AvgIpc) is 3.01. The molecule has 1 aliphatic heterocycles. The highest BCUT2D eigenvalue weighted by atomic mass is 28.3. The number of fused-ring (bicyclic) bond motifs is 3. The van der Waals surface area contributed by atoms with Crippen LogP contribution in [0.2, 0.25) is 13.1 Å². The van der Waals surface area contributed by atoms with Crippen LogP contribution in [0.5, 0.6) is 0 Å². The van der Waals surface area contributed by atoms with Gasteiger partial charge in [0, 0.05) is 17.0 Å². The van der Waals surface area contributed by atoms with Crippen molar-refractivity contribution in [3.05, 3.63) is 78.6 Å². The molecule has 5 rings (SSSR count). The SMILES string of the molecule is CC(C)c1nc(-c2ccccc2)nc(-c2ccc3c(c2)-c2ccccc2[Si]3(C)C)n1. The Bertz CT molecular complexity index is 1250. The summed E-state index contributed by atoms with van der Waals surface area (Å²) >= 11 is 0. The first kappa shape index (κ1) is 18.9. The molecule has 3 aromatic carbocycles. The van der Waals surface area contributed by atoms with Crippen molar-refractivity contribution in [2.45, 2.75) is 32.9 Å². The zero-order valence-electron chi connectivity index (χ0n) is 17.8. The van der Waals surface area contributed by atoms with Crippen molar-refractivity contribution >= 4 is 18.4 Å². The van der Waals surface area contributed by atoms with Crippen molar-refractivity contribution < 1.29 is 0 Å². The van der Waals surface area contributed by atoms with Gasteiger partial charge < -0.3 is 0 Å². The number of benzene rings is 3. The fourth-order valence-corrected chi connectivity index (χ4v) is 7.43. The molecule has 3 nitrogen and oxygen atoms in total. The standard InChI is InChI=1S/C26H25N3Si/c1-17(2)24-27-25(18-10-6-5-7-11-18)29-26(28-24)19-14-15-23-21(16-19)20-12-8-9-13-22(20)30(23,3)4/h5-17H,1-4H3. The molecule has 0 aliphatic carbocycles. The van der Waals surface area contributed by atoms with Gasteiger partial charge in [-0.3, -0.25) is 0 Å². The molecule has 0 amide bonds. The van der Waals surface area contributed by atoms with Crippen LogP contribution in [0.3, 0.4) is 0 Å². The van der Waals surface area contributed by atoms with Crippen molar-refractivity contribution in [1.29, 1.82) is 0 Å². The van der Waals surface area contributed by atoms with Gasteiger partial charge in [-0.05, 0) is 27.6 Å². The number of hydrogen-bond donors (Lipinski definition) is 0. The summed E-state index contributed by atoms with van der Waals surface area (Å²) in [6, 6.07) is 25.8. The van der Waals surface area contributed by atoms with E-state index >= 15 is 0 Å². The van der Waals surface area contributed by atoms with Crippen LogP contribution in [-0.4, -0.2) is 23.0 Å². The lowest BCUT2D eigenvalue weighted by molar-refractivity contribution is 0.766. The maximum Gasteiger partial charge on any atom is 0.163 e. The highest BCUT2D eigenvalue weighted by Gasteiger charge is 2.37. The van der Waals surface area contributed by atoms with Crippen molar-refractivity contribution in [2.24, 2.45) is 0 Å². The molecule has 2 heterocycles. The lowest BCUT2D eigenvalue weighted by Crippen LogP contribution is -2.49. The van der Waals surface area contributed by atoms with Gasteiger partial charge in [0.1, 0.15) is 13.9 Å². The predicted octanol–water partition coefficient (Wildman–Crippen LogP) is 5.13. The van der Waals surface area contributed by atoms with Crippen LogP contribution in [-0.2, 0) is 0 Å². The summed E-state index contributed by atoms with van der Waals surface area (Å²) in [4.78, 5) is 14.4. The summed E-state index contributed by atoms with van der Waals surface area (Å²) < 4.78 is 0. The van der Waals surface area contributed by atoms with Gasteiger partial charge in [-0.1, -0.05) is 93.7 Å². The van der Waals surface area contributed by atoms with Crippen LogP contribution in [0, 0.1) is 0 Å². The van der Waals surface area contributed by atoms with E-state index in [1.54, 1.807) is 0 Å². The largest absolute Gasteiger partial charge is 0.213 e. The minimum Gasteiger partial charge on any atom is -0.213 e. The first-order chi connectivity index (χ1) is 14.4. The van der Waals surface area contributed by atoms with Gasteiger partial charge in [0.05, 0.1) is 0 Å². The maximum absolute atomic E-state index is 4.86. The highest BCUT2D eigenvalue weighted by Crippen LogP contribution is 2.31. The second kappa shape index (κ2) is 6.99. The molecule has 4 aromatic rings. The Hall–Kier alpha value is -3.11. The van der Waals surface area contributed by atoms with Gasteiger partial charge in [0.15, 0.2) is 11.6 Å². The molecule has 0 unspecified atom stereocenters. The third-order valence-corrected chi connectivity index (χ3v) is 9.61. The van der Waals surface area contributed by atoms with E-state index < -0.39 is 8.07 Å². The number of aromatic nitrogens is 3. The Morgan fingerprint density at radius 3 is 2.00 bits per heavy atom. The van der Waals surface area contributed by atoms with E-state index in [9.17, 15) is 0 Å². The topological polar surface area (TPSA) is 38.7 Å². The van der Waals surface area contributed by atoms with E-state index in [0.717, 1.165) is 28.6 Å². The second-order valence-corrected chi connectivity index (χ2v) is 13.1. The van der Waals surface area contributed by atoms with Crippen LogP contribution >= 0.6 is 0 Å². The molecule has 1 aliphatic rings. The van der Waals surface area contributed by atoms with E-state index in [4.69, 9.17) is 15.0 Å². The smallest absolute Gasteiger partial charge is 0.163 e. The van der Waals surface area contributed by atoms with Crippen molar-refractivity contribution in [2.75, 3.05) is 0 Å². The van der Waals surface area contributed by atoms with Gasteiger partial charge >= 0.3 is 0 Å².